The molecule has 0 amide bonds. The molecule has 1 aromatic rings. The zero-order chi connectivity index (χ0) is 11.5. The molecule has 3 nitrogen and oxygen atoms in total. The molecule has 0 atom stereocenters. The Kier molecular flexibility index (Phi) is 3.37. The predicted octanol–water partition coefficient (Wildman–Crippen LogP) is 2.55. The van der Waals surface area contributed by atoms with E-state index in [0.717, 1.165) is 12.3 Å². The molecule has 0 fully saturated rings. The van der Waals surface area contributed by atoms with Crippen LogP contribution < -0.4 is 4.74 Å². The zero-order valence-electron chi connectivity index (χ0n) is 7.18. The lowest BCUT2D eigenvalue weighted by Gasteiger charge is -2.08. The van der Waals surface area contributed by atoms with E-state index in [9.17, 15) is 13.2 Å². The van der Waals surface area contributed by atoms with E-state index < -0.39 is 12.8 Å². The Morgan fingerprint density at radius 1 is 1.53 bits per heavy atom. The van der Waals surface area contributed by atoms with Gasteiger partial charge in [-0.15, -0.1) is 0 Å². The van der Waals surface area contributed by atoms with Crippen LogP contribution >= 0.6 is 11.6 Å². The molecule has 0 aliphatic heterocycles. The van der Waals surface area contributed by atoms with Crippen molar-refractivity contribution in [2.24, 2.45) is 0 Å². The van der Waals surface area contributed by atoms with E-state index in [1.54, 1.807) is 6.07 Å². The van der Waals surface area contributed by atoms with Crippen LogP contribution in [0.5, 0.6) is 5.75 Å². The number of nitrogens with zero attached hydrogens (tertiary/aromatic N) is 2. The van der Waals surface area contributed by atoms with Crippen molar-refractivity contribution >= 4 is 11.6 Å². The van der Waals surface area contributed by atoms with Crippen LogP contribution in [0.25, 0.3) is 0 Å². The Morgan fingerprint density at radius 2 is 2.20 bits per heavy atom. The van der Waals surface area contributed by atoms with Crippen molar-refractivity contribution in [1.82, 2.24) is 4.98 Å². The second-order valence-corrected chi connectivity index (χ2v) is 2.88. The maximum atomic E-state index is 11.8. The standard InChI is InChI=1S/C8H4ClF3N2O/c9-7-5(2-13)1-6(3-14-7)15-4-8(10,11)12/h1,3H,4H2. The number of halogens is 4. The molecule has 1 rings (SSSR count). The average molecular weight is 237 g/mol. The summed E-state index contributed by atoms with van der Waals surface area (Å²) in [6.07, 6.45) is -3.40. The summed E-state index contributed by atoms with van der Waals surface area (Å²) in [7, 11) is 0. The van der Waals surface area contributed by atoms with Crippen molar-refractivity contribution in [1.29, 1.82) is 5.26 Å². The number of pyridine rings is 1. The summed E-state index contributed by atoms with van der Waals surface area (Å²) in [6, 6.07) is 2.78. The predicted molar refractivity (Wildman–Crippen MR) is 45.5 cm³/mol. The highest BCUT2D eigenvalue weighted by Crippen LogP contribution is 2.21. The Bertz CT molecular complexity index is 400. The first-order chi connectivity index (χ1) is 6.92. The molecule has 0 saturated carbocycles. The zero-order valence-corrected chi connectivity index (χ0v) is 7.93. The molecule has 0 spiro atoms. The highest BCUT2D eigenvalue weighted by atomic mass is 35.5. The Balaban J connectivity index is 2.76. The molecule has 0 unspecified atom stereocenters. The van der Waals surface area contributed by atoms with Crippen molar-refractivity contribution < 1.29 is 17.9 Å². The van der Waals surface area contributed by atoms with Crippen LogP contribution in [0, 0.1) is 11.3 Å². The van der Waals surface area contributed by atoms with Gasteiger partial charge in [-0.1, -0.05) is 11.6 Å². The van der Waals surface area contributed by atoms with Gasteiger partial charge in [-0.25, -0.2) is 4.98 Å². The third-order valence-corrected chi connectivity index (χ3v) is 1.64. The molecule has 0 saturated heterocycles. The van der Waals surface area contributed by atoms with Gasteiger partial charge in [0.2, 0.25) is 0 Å². The fraction of sp³-hybridized carbons (Fsp3) is 0.250. The number of nitriles is 1. The number of rotatable bonds is 2. The van der Waals surface area contributed by atoms with Crippen LogP contribution in [0.2, 0.25) is 5.15 Å². The fourth-order valence-corrected chi connectivity index (χ4v) is 0.897. The van der Waals surface area contributed by atoms with Crippen LogP contribution in [-0.2, 0) is 0 Å². The van der Waals surface area contributed by atoms with Gasteiger partial charge < -0.3 is 4.74 Å². The molecular weight excluding hydrogens is 233 g/mol. The molecule has 0 radical (unpaired) electrons. The maximum absolute atomic E-state index is 11.8. The lowest BCUT2D eigenvalue weighted by atomic mass is 10.3. The fourth-order valence-electron chi connectivity index (χ4n) is 0.751. The van der Waals surface area contributed by atoms with Gasteiger partial charge in [0, 0.05) is 6.07 Å². The van der Waals surface area contributed by atoms with Crippen molar-refractivity contribution in [3.63, 3.8) is 0 Å². The maximum Gasteiger partial charge on any atom is 0.422 e. The molecule has 0 aliphatic rings. The first kappa shape index (κ1) is 11.6. The van der Waals surface area contributed by atoms with Gasteiger partial charge in [0.1, 0.15) is 17.0 Å². The first-order valence-electron chi connectivity index (χ1n) is 3.67. The van der Waals surface area contributed by atoms with Crippen molar-refractivity contribution in [3.05, 3.63) is 23.0 Å². The summed E-state index contributed by atoms with van der Waals surface area (Å²) < 4.78 is 39.7. The minimum atomic E-state index is -4.42. The van der Waals surface area contributed by atoms with Gasteiger partial charge in [-0.3, -0.25) is 0 Å². The minimum absolute atomic E-state index is 0.0312. The number of hydrogen-bond acceptors (Lipinski definition) is 3. The Labute approximate surface area is 88.1 Å². The largest absolute Gasteiger partial charge is 0.482 e. The van der Waals surface area contributed by atoms with Crippen molar-refractivity contribution in [2.45, 2.75) is 6.18 Å². The summed E-state index contributed by atoms with van der Waals surface area (Å²) in [5, 5.41) is 8.45. The SMILES string of the molecule is N#Cc1cc(OCC(F)(F)F)cnc1Cl. The second-order valence-electron chi connectivity index (χ2n) is 2.53. The van der Waals surface area contributed by atoms with Gasteiger partial charge in [0.15, 0.2) is 6.61 Å². The quantitative estimate of drug-likeness (QED) is 0.742. The number of ether oxygens (including phenoxy) is 1. The molecule has 0 bridgehead atoms. The monoisotopic (exact) mass is 236 g/mol. The average Bonchev–Trinajstić information content (AvgIpc) is 2.15. The normalized spacial score (nSPS) is 10.9. The lowest BCUT2D eigenvalue weighted by molar-refractivity contribution is -0.153. The topological polar surface area (TPSA) is 45.9 Å². The summed E-state index contributed by atoms with van der Waals surface area (Å²) in [5.74, 6) is -0.145. The van der Waals surface area contributed by atoms with E-state index in [4.69, 9.17) is 16.9 Å². The van der Waals surface area contributed by atoms with Crippen LogP contribution in [0.3, 0.4) is 0 Å². The molecule has 80 valence electrons. The minimum Gasteiger partial charge on any atom is -0.482 e. The van der Waals surface area contributed by atoms with Crippen LogP contribution in [-0.4, -0.2) is 17.8 Å². The first-order valence-corrected chi connectivity index (χ1v) is 4.05. The Hall–Kier alpha value is -1.48. The van der Waals surface area contributed by atoms with Gasteiger partial charge in [-0.05, 0) is 0 Å². The highest BCUT2D eigenvalue weighted by Gasteiger charge is 2.28. The molecule has 15 heavy (non-hydrogen) atoms. The molecule has 1 heterocycles. The Morgan fingerprint density at radius 3 is 2.73 bits per heavy atom. The summed E-state index contributed by atoms with van der Waals surface area (Å²) in [4.78, 5) is 3.50. The van der Waals surface area contributed by atoms with E-state index in [-0.39, 0.29) is 16.5 Å². The highest BCUT2D eigenvalue weighted by molar-refractivity contribution is 6.30. The van der Waals surface area contributed by atoms with E-state index in [1.807, 2.05) is 0 Å². The van der Waals surface area contributed by atoms with Gasteiger partial charge in [-0.2, -0.15) is 18.4 Å². The van der Waals surface area contributed by atoms with E-state index >= 15 is 0 Å². The lowest BCUT2D eigenvalue weighted by Crippen LogP contribution is -2.19. The van der Waals surface area contributed by atoms with Crippen molar-refractivity contribution in [2.75, 3.05) is 6.61 Å². The third-order valence-electron chi connectivity index (χ3n) is 1.34. The van der Waals surface area contributed by atoms with Crippen LogP contribution in [0.15, 0.2) is 12.3 Å². The molecular formula is C8H4ClF3N2O. The molecule has 0 aliphatic carbocycles. The van der Waals surface area contributed by atoms with Crippen LogP contribution in [0.1, 0.15) is 5.56 Å². The molecule has 7 heteroatoms. The van der Waals surface area contributed by atoms with Crippen LogP contribution in [0.4, 0.5) is 13.2 Å². The summed E-state index contributed by atoms with van der Waals surface area (Å²) in [5.41, 5.74) is -0.0312. The third kappa shape index (κ3) is 3.64. The molecule has 1 aromatic heterocycles. The van der Waals surface area contributed by atoms with E-state index in [1.165, 1.54) is 0 Å². The van der Waals surface area contributed by atoms with Gasteiger partial charge in [0.05, 0.1) is 11.8 Å². The van der Waals surface area contributed by atoms with Gasteiger partial charge in [0.25, 0.3) is 0 Å². The van der Waals surface area contributed by atoms with E-state index in [0.29, 0.717) is 0 Å². The van der Waals surface area contributed by atoms with Crippen molar-refractivity contribution in [3.8, 4) is 11.8 Å². The summed E-state index contributed by atoms with van der Waals surface area (Å²) >= 11 is 5.48. The van der Waals surface area contributed by atoms with E-state index in [2.05, 4.69) is 9.72 Å². The second kappa shape index (κ2) is 4.36. The molecule has 0 N–H and O–H groups in total. The number of aromatic nitrogens is 1. The van der Waals surface area contributed by atoms with Gasteiger partial charge >= 0.3 is 6.18 Å². The smallest absolute Gasteiger partial charge is 0.422 e. The molecule has 0 aromatic carbocycles. The number of alkyl halides is 3. The summed E-state index contributed by atoms with van der Waals surface area (Å²) in [6.45, 7) is -1.43. The number of hydrogen-bond donors (Lipinski definition) is 0.